The van der Waals surface area contributed by atoms with Crippen molar-refractivity contribution in [2.45, 2.75) is 33.1 Å². The van der Waals surface area contributed by atoms with E-state index < -0.39 is 10.0 Å². The topological polar surface area (TPSA) is 75.2 Å². The van der Waals surface area contributed by atoms with Crippen molar-refractivity contribution >= 4 is 16.0 Å². The maximum atomic E-state index is 12.0. The first-order valence-electron chi connectivity index (χ1n) is 7.07. The summed E-state index contributed by atoms with van der Waals surface area (Å²) in [6.45, 7) is 5.66. The molecule has 0 amide bonds. The van der Waals surface area contributed by atoms with Gasteiger partial charge in [0.1, 0.15) is 0 Å². The van der Waals surface area contributed by atoms with Crippen LogP contribution in [0.1, 0.15) is 31.0 Å². The number of nitrogens with one attached hydrogen (secondary N) is 1. The maximum Gasteiger partial charge on any atom is 0.222 e. The summed E-state index contributed by atoms with van der Waals surface area (Å²) in [6.07, 6.45) is 4.54. The second-order valence-electron chi connectivity index (χ2n) is 5.03. The first kappa shape index (κ1) is 15.2. The van der Waals surface area contributed by atoms with Crippen LogP contribution in [0.15, 0.2) is 6.20 Å². The number of nitrogens with zero attached hydrogens (tertiary/aromatic N) is 3. The van der Waals surface area contributed by atoms with Gasteiger partial charge in [-0.05, 0) is 31.7 Å². The lowest BCUT2D eigenvalue weighted by Crippen LogP contribution is -2.32. The fraction of sp³-hybridized carbons (Fsp3) is 0.692. The van der Waals surface area contributed by atoms with Crippen molar-refractivity contribution in [3.05, 3.63) is 17.5 Å². The van der Waals surface area contributed by atoms with E-state index in [-0.39, 0.29) is 5.75 Å². The van der Waals surface area contributed by atoms with Crippen LogP contribution in [-0.2, 0) is 16.4 Å². The molecule has 2 rings (SSSR count). The Hall–Kier alpha value is -1.21. The van der Waals surface area contributed by atoms with E-state index in [1.165, 1.54) is 0 Å². The molecule has 1 aliphatic rings. The molecular weight excluding hydrogens is 276 g/mol. The number of anilines is 1. The van der Waals surface area contributed by atoms with Gasteiger partial charge in [0.25, 0.3) is 0 Å². The summed E-state index contributed by atoms with van der Waals surface area (Å²) in [5, 5.41) is 3.00. The molecule has 1 aliphatic heterocycles. The Morgan fingerprint density at radius 2 is 2.05 bits per heavy atom. The highest BCUT2D eigenvalue weighted by Gasteiger charge is 2.24. The second-order valence-corrected chi connectivity index (χ2v) is 7.11. The number of hydrogen-bond donors (Lipinski definition) is 1. The SMILES string of the molecule is CCc1nc(NCCS(=O)(=O)N2CCCC2)ncc1C. The number of sulfonamides is 1. The summed E-state index contributed by atoms with van der Waals surface area (Å²) < 4.78 is 25.7. The minimum absolute atomic E-state index is 0.0890. The summed E-state index contributed by atoms with van der Waals surface area (Å²) in [5.74, 6) is 0.593. The van der Waals surface area contributed by atoms with Crippen LogP contribution in [-0.4, -0.2) is 48.1 Å². The Balaban J connectivity index is 1.89. The van der Waals surface area contributed by atoms with E-state index in [0.29, 0.717) is 25.6 Å². The van der Waals surface area contributed by atoms with Gasteiger partial charge in [-0.2, -0.15) is 0 Å². The molecule has 0 aliphatic carbocycles. The molecule has 0 radical (unpaired) electrons. The third-order valence-corrected chi connectivity index (χ3v) is 5.38. The van der Waals surface area contributed by atoms with Crippen LogP contribution in [0, 0.1) is 6.92 Å². The quantitative estimate of drug-likeness (QED) is 0.853. The summed E-state index contributed by atoms with van der Waals surface area (Å²) >= 11 is 0. The molecule has 0 bridgehead atoms. The first-order valence-corrected chi connectivity index (χ1v) is 8.68. The Labute approximate surface area is 120 Å². The predicted molar refractivity (Wildman–Crippen MR) is 79.2 cm³/mol. The molecule has 0 aromatic carbocycles. The Morgan fingerprint density at radius 1 is 1.35 bits per heavy atom. The Morgan fingerprint density at radius 3 is 2.70 bits per heavy atom. The van der Waals surface area contributed by atoms with E-state index in [4.69, 9.17) is 0 Å². The van der Waals surface area contributed by atoms with Gasteiger partial charge in [0.2, 0.25) is 16.0 Å². The molecule has 0 spiro atoms. The molecule has 1 fully saturated rings. The van der Waals surface area contributed by atoms with E-state index in [0.717, 1.165) is 30.5 Å². The fourth-order valence-corrected chi connectivity index (χ4v) is 3.74. The van der Waals surface area contributed by atoms with Crippen LogP contribution in [0.3, 0.4) is 0 Å². The van der Waals surface area contributed by atoms with Crippen LogP contribution in [0.25, 0.3) is 0 Å². The van der Waals surface area contributed by atoms with Crippen LogP contribution in [0.5, 0.6) is 0 Å². The minimum atomic E-state index is -3.14. The lowest BCUT2D eigenvalue weighted by molar-refractivity contribution is 0.478. The van der Waals surface area contributed by atoms with Gasteiger partial charge in [-0.25, -0.2) is 22.7 Å². The number of aromatic nitrogens is 2. The molecular formula is C13H22N4O2S. The molecule has 7 heteroatoms. The standard InChI is InChI=1S/C13H22N4O2S/c1-3-12-11(2)10-15-13(16-12)14-6-9-20(18,19)17-7-4-5-8-17/h10H,3-9H2,1-2H3,(H,14,15,16). The van der Waals surface area contributed by atoms with Crippen LogP contribution in [0.4, 0.5) is 5.95 Å². The highest BCUT2D eigenvalue weighted by atomic mass is 32.2. The molecule has 1 aromatic heterocycles. The van der Waals surface area contributed by atoms with Crippen LogP contribution >= 0.6 is 0 Å². The van der Waals surface area contributed by atoms with Crippen molar-refractivity contribution in [1.82, 2.24) is 14.3 Å². The van der Waals surface area contributed by atoms with Crippen molar-refractivity contribution in [2.75, 3.05) is 30.7 Å². The highest BCUT2D eigenvalue weighted by Crippen LogP contribution is 2.13. The van der Waals surface area contributed by atoms with E-state index in [9.17, 15) is 8.42 Å². The van der Waals surface area contributed by atoms with Gasteiger partial charge in [-0.1, -0.05) is 6.92 Å². The zero-order chi connectivity index (χ0) is 14.6. The molecule has 1 N–H and O–H groups in total. The number of rotatable bonds is 6. The van der Waals surface area contributed by atoms with Gasteiger partial charge in [0, 0.05) is 31.5 Å². The molecule has 6 nitrogen and oxygen atoms in total. The van der Waals surface area contributed by atoms with Gasteiger partial charge in [-0.15, -0.1) is 0 Å². The smallest absolute Gasteiger partial charge is 0.222 e. The zero-order valence-corrected chi connectivity index (χ0v) is 12.9. The fourth-order valence-electron chi connectivity index (χ4n) is 2.31. The average Bonchev–Trinajstić information content (AvgIpc) is 2.95. The van der Waals surface area contributed by atoms with Crippen LogP contribution in [0.2, 0.25) is 0 Å². The van der Waals surface area contributed by atoms with E-state index in [2.05, 4.69) is 15.3 Å². The van der Waals surface area contributed by atoms with Crippen molar-refractivity contribution in [3.63, 3.8) is 0 Å². The first-order chi connectivity index (χ1) is 9.53. The highest BCUT2D eigenvalue weighted by molar-refractivity contribution is 7.89. The average molecular weight is 298 g/mol. The van der Waals surface area contributed by atoms with Gasteiger partial charge in [0.15, 0.2) is 0 Å². The van der Waals surface area contributed by atoms with Gasteiger partial charge >= 0.3 is 0 Å². The van der Waals surface area contributed by atoms with Gasteiger partial charge in [-0.3, -0.25) is 0 Å². The molecule has 1 aromatic rings. The summed E-state index contributed by atoms with van der Waals surface area (Å²) in [6, 6.07) is 0. The lowest BCUT2D eigenvalue weighted by atomic mass is 10.2. The minimum Gasteiger partial charge on any atom is -0.353 e. The number of aryl methyl sites for hydroxylation is 2. The normalized spacial score (nSPS) is 16.5. The predicted octanol–water partition coefficient (Wildman–Crippen LogP) is 1.18. The molecule has 112 valence electrons. The third kappa shape index (κ3) is 3.67. The van der Waals surface area contributed by atoms with E-state index in [1.807, 2.05) is 13.8 Å². The molecule has 2 heterocycles. The summed E-state index contributed by atoms with van der Waals surface area (Å²) in [7, 11) is -3.14. The van der Waals surface area contributed by atoms with Crippen molar-refractivity contribution in [2.24, 2.45) is 0 Å². The largest absolute Gasteiger partial charge is 0.353 e. The zero-order valence-electron chi connectivity index (χ0n) is 12.1. The molecule has 0 saturated carbocycles. The maximum absolute atomic E-state index is 12.0. The molecule has 0 atom stereocenters. The Kier molecular flexibility index (Phi) is 4.93. The second kappa shape index (κ2) is 6.49. The molecule has 20 heavy (non-hydrogen) atoms. The van der Waals surface area contributed by atoms with Gasteiger partial charge in [0.05, 0.1) is 5.75 Å². The Bertz CT molecular complexity index is 553. The van der Waals surface area contributed by atoms with Gasteiger partial charge < -0.3 is 5.32 Å². The van der Waals surface area contributed by atoms with E-state index in [1.54, 1.807) is 10.5 Å². The summed E-state index contributed by atoms with van der Waals surface area (Å²) in [5.41, 5.74) is 2.05. The monoisotopic (exact) mass is 298 g/mol. The van der Waals surface area contributed by atoms with Crippen molar-refractivity contribution < 1.29 is 8.42 Å². The van der Waals surface area contributed by atoms with E-state index >= 15 is 0 Å². The van der Waals surface area contributed by atoms with Crippen molar-refractivity contribution in [1.29, 1.82) is 0 Å². The van der Waals surface area contributed by atoms with Crippen molar-refractivity contribution in [3.8, 4) is 0 Å². The molecule has 0 unspecified atom stereocenters. The number of hydrogen-bond acceptors (Lipinski definition) is 5. The summed E-state index contributed by atoms with van der Waals surface area (Å²) in [4.78, 5) is 8.55. The lowest BCUT2D eigenvalue weighted by Gasteiger charge is -2.15. The third-order valence-electron chi connectivity index (χ3n) is 3.51. The molecule has 1 saturated heterocycles. The van der Waals surface area contributed by atoms with Crippen LogP contribution < -0.4 is 5.32 Å².